The van der Waals surface area contributed by atoms with Gasteiger partial charge in [-0.3, -0.25) is 4.79 Å². The van der Waals surface area contributed by atoms with Crippen molar-refractivity contribution in [1.29, 1.82) is 0 Å². The Kier molecular flexibility index (Phi) is 2.37. The Bertz CT molecular complexity index is 187. The zero-order chi connectivity index (χ0) is 8.27. The molecule has 0 aromatic rings. The van der Waals surface area contributed by atoms with E-state index in [2.05, 4.69) is 6.04 Å². The number of hydrogen-bond donors (Lipinski definition) is 1. The van der Waals surface area contributed by atoms with Gasteiger partial charge in [-0.2, -0.15) is 0 Å². The lowest BCUT2D eigenvalue weighted by molar-refractivity contribution is -0.143. The largest absolute Gasteiger partial charge is 0.481 e. The molecule has 1 aliphatic rings. The summed E-state index contributed by atoms with van der Waals surface area (Å²) in [4.78, 5) is 12.3. The van der Waals surface area contributed by atoms with Crippen LogP contribution in [0.1, 0.15) is 12.8 Å². The summed E-state index contributed by atoms with van der Waals surface area (Å²) in [5.74, 6) is -0.874. The van der Waals surface area contributed by atoms with Crippen LogP contribution in [-0.4, -0.2) is 29.1 Å². The van der Waals surface area contributed by atoms with Gasteiger partial charge in [-0.15, -0.1) is 0 Å². The molecular formula is C8H11NO2. The molecule has 1 aliphatic heterocycles. The molecule has 0 aromatic heterocycles. The summed E-state index contributed by atoms with van der Waals surface area (Å²) in [7, 11) is 0. The number of carboxylic acid groups (broad SMARTS) is 1. The molecular weight excluding hydrogens is 142 g/mol. The third-order valence-electron chi connectivity index (χ3n) is 2.03. The third kappa shape index (κ3) is 1.87. The summed E-state index contributed by atoms with van der Waals surface area (Å²) in [6, 6.07) is 2.50. The summed E-state index contributed by atoms with van der Waals surface area (Å²) < 4.78 is 0. The molecule has 1 N–H and O–H groups in total. The number of hydrogen-bond acceptors (Lipinski definition) is 2. The number of rotatable bonds is 1. The van der Waals surface area contributed by atoms with Crippen molar-refractivity contribution in [3.05, 3.63) is 0 Å². The van der Waals surface area contributed by atoms with E-state index in [4.69, 9.17) is 11.5 Å². The summed E-state index contributed by atoms with van der Waals surface area (Å²) >= 11 is 0. The Labute approximate surface area is 66.0 Å². The lowest BCUT2D eigenvalue weighted by Gasteiger charge is -2.26. The van der Waals surface area contributed by atoms with Gasteiger partial charge in [0.15, 0.2) is 0 Å². The van der Waals surface area contributed by atoms with Crippen molar-refractivity contribution in [2.45, 2.75) is 12.8 Å². The summed E-state index contributed by atoms with van der Waals surface area (Å²) in [5, 5.41) is 8.63. The molecule has 0 aromatic carbocycles. The highest BCUT2D eigenvalue weighted by molar-refractivity contribution is 5.70. The van der Waals surface area contributed by atoms with Crippen molar-refractivity contribution in [2.24, 2.45) is 5.92 Å². The zero-order valence-corrected chi connectivity index (χ0v) is 6.29. The van der Waals surface area contributed by atoms with Gasteiger partial charge in [0.2, 0.25) is 0 Å². The van der Waals surface area contributed by atoms with Crippen molar-refractivity contribution in [1.82, 2.24) is 4.90 Å². The van der Waals surface area contributed by atoms with Crippen LogP contribution in [0.25, 0.3) is 0 Å². The van der Waals surface area contributed by atoms with Gasteiger partial charge < -0.3 is 10.0 Å². The van der Waals surface area contributed by atoms with E-state index >= 15 is 0 Å². The second kappa shape index (κ2) is 3.29. The highest BCUT2D eigenvalue weighted by Crippen LogP contribution is 2.15. The molecule has 0 saturated carbocycles. The van der Waals surface area contributed by atoms with Gasteiger partial charge in [-0.1, -0.05) is 6.42 Å². The Balaban J connectivity index is 2.37. The summed E-state index contributed by atoms with van der Waals surface area (Å²) in [6.45, 7) is 1.43. The van der Waals surface area contributed by atoms with Crippen LogP contribution in [0.5, 0.6) is 0 Å². The fourth-order valence-electron chi connectivity index (χ4n) is 1.26. The fraction of sp³-hybridized carbons (Fsp3) is 0.625. The van der Waals surface area contributed by atoms with E-state index in [9.17, 15) is 4.79 Å². The average molecular weight is 153 g/mol. The van der Waals surface area contributed by atoms with Crippen molar-refractivity contribution < 1.29 is 9.90 Å². The Hall–Kier alpha value is -1.17. The van der Waals surface area contributed by atoms with E-state index in [0.717, 1.165) is 0 Å². The Morgan fingerprint density at radius 1 is 1.55 bits per heavy atom. The molecule has 3 heteroatoms. The van der Waals surface area contributed by atoms with Crippen LogP contribution in [-0.2, 0) is 4.79 Å². The number of carbonyl (C=O) groups is 1. The number of aliphatic carboxylic acids is 1. The molecule has 0 bridgehead atoms. The van der Waals surface area contributed by atoms with Gasteiger partial charge in [-0.25, -0.2) is 0 Å². The van der Waals surface area contributed by atoms with Crippen LogP contribution in [0.4, 0.5) is 0 Å². The molecule has 0 amide bonds. The zero-order valence-electron chi connectivity index (χ0n) is 6.29. The van der Waals surface area contributed by atoms with Crippen molar-refractivity contribution in [3.63, 3.8) is 0 Å². The SMILES string of the molecule is C#CN1CCC(C(=O)O)CC1. The minimum absolute atomic E-state index is 0.181. The number of nitrogens with zero attached hydrogens (tertiary/aromatic N) is 1. The van der Waals surface area contributed by atoms with E-state index in [1.54, 1.807) is 0 Å². The topological polar surface area (TPSA) is 40.5 Å². The maximum atomic E-state index is 10.5. The first-order valence-electron chi connectivity index (χ1n) is 3.68. The fourth-order valence-corrected chi connectivity index (χ4v) is 1.26. The van der Waals surface area contributed by atoms with E-state index < -0.39 is 5.97 Å². The first-order valence-corrected chi connectivity index (χ1v) is 3.68. The molecule has 1 heterocycles. The molecule has 0 unspecified atom stereocenters. The first-order chi connectivity index (χ1) is 5.24. The predicted octanol–water partition coefficient (Wildman–Crippen LogP) is 0.374. The molecule has 60 valence electrons. The van der Waals surface area contributed by atoms with Crippen LogP contribution in [0.15, 0.2) is 0 Å². The molecule has 0 aliphatic carbocycles. The monoisotopic (exact) mass is 153 g/mol. The number of likely N-dealkylation sites (tertiary alicyclic amines) is 1. The summed E-state index contributed by atoms with van der Waals surface area (Å²) in [6.07, 6.45) is 6.51. The van der Waals surface area contributed by atoms with Gasteiger partial charge in [0.05, 0.1) is 5.92 Å². The van der Waals surface area contributed by atoms with E-state index in [1.165, 1.54) is 0 Å². The lowest BCUT2D eigenvalue weighted by atomic mass is 9.98. The maximum absolute atomic E-state index is 10.5. The normalized spacial score (nSPS) is 19.4. The van der Waals surface area contributed by atoms with Gasteiger partial charge in [-0.05, 0) is 12.8 Å². The molecule has 3 nitrogen and oxygen atoms in total. The van der Waals surface area contributed by atoms with Crippen LogP contribution in [0, 0.1) is 18.4 Å². The predicted molar refractivity (Wildman–Crippen MR) is 40.8 cm³/mol. The summed E-state index contributed by atoms with van der Waals surface area (Å²) in [5.41, 5.74) is 0. The lowest BCUT2D eigenvalue weighted by Crippen LogP contribution is -2.33. The number of terminal acetylenes is 1. The molecule has 0 radical (unpaired) electrons. The van der Waals surface area contributed by atoms with Gasteiger partial charge in [0.1, 0.15) is 0 Å². The highest BCUT2D eigenvalue weighted by atomic mass is 16.4. The van der Waals surface area contributed by atoms with Crippen molar-refractivity contribution >= 4 is 5.97 Å². The second-order valence-electron chi connectivity index (χ2n) is 2.73. The molecule has 0 atom stereocenters. The van der Waals surface area contributed by atoms with E-state index in [1.807, 2.05) is 4.90 Å². The highest BCUT2D eigenvalue weighted by Gasteiger charge is 2.22. The van der Waals surface area contributed by atoms with Crippen LogP contribution in [0.2, 0.25) is 0 Å². The third-order valence-corrected chi connectivity index (χ3v) is 2.03. The van der Waals surface area contributed by atoms with Crippen LogP contribution >= 0.6 is 0 Å². The smallest absolute Gasteiger partial charge is 0.306 e. The Morgan fingerprint density at radius 2 is 2.09 bits per heavy atom. The van der Waals surface area contributed by atoms with Gasteiger partial charge >= 0.3 is 5.97 Å². The van der Waals surface area contributed by atoms with Crippen molar-refractivity contribution in [2.75, 3.05) is 13.1 Å². The maximum Gasteiger partial charge on any atom is 0.306 e. The van der Waals surface area contributed by atoms with Crippen molar-refractivity contribution in [3.8, 4) is 12.5 Å². The molecule has 1 saturated heterocycles. The molecule has 1 fully saturated rings. The number of piperidine rings is 1. The number of carboxylic acids is 1. The standard InChI is InChI=1S/C8H11NO2/c1-2-9-5-3-7(4-6-9)8(10)11/h1,7H,3-6H2,(H,10,11). The van der Waals surface area contributed by atoms with Gasteiger partial charge in [0.25, 0.3) is 0 Å². The van der Waals surface area contributed by atoms with Crippen LogP contribution in [0.3, 0.4) is 0 Å². The minimum atomic E-state index is -0.693. The average Bonchev–Trinajstić information content (AvgIpc) is 2.05. The van der Waals surface area contributed by atoms with E-state index in [0.29, 0.717) is 25.9 Å². The minimum Gasteiger partial charge on any atom is -0.481 e. The van der Waals surface area contributed by atoms with E-state index in [-0.39, 0.29) is 5.92 Å². The molecule has 11 heavy (non-hydrogen) atoms. The van der Waals surface area contributed by atoms with Gasteiger partial charge in [0, 0.05) is 19.1 Å². The second-order valence-corrected chi connectivity index (χ2v) is 2.73. The molecule has 1 rings (SSSR count). The quantitative estimate of drug-likeness (QED) is 0.553. The first kappa shape index (κ1) is 7.93. The molecule has 0 spiro atoms. The van der Waals surface area contributed by atoms with Crippen LogP contribution < -0.4 is 0 Å². The Morgan fingerprint density at radius 3 is 2.45 bits per heavy atom.